The minimum absolute atomic E-state index is 0.145. The first kappa shape index (κ1) is 9.40. The van der Waals surface area contributed by atoms with Crippen molar-refractivity contribution in [3.8, 4) is 0 Å². The van der Waals surface area contributed by atoms with E-state index in [1.807, 2.05) is 6.07 Å². The molecular formula is C12H12BrNO. The van der Waals surface area contributed by atoms with Gasteiger partial charge in [-0.1, -0.05) is 15.9 Å². The molecule has 3 heteroatoms. The van der Waals surface area contributed by atoms with Crippen LogP contribution >= 0.6 is 15.9 Å². The number of benzene rings is 1. The average Bonchev–Trinajstić information content (AvgIpc) is 3.02. The molecule has 15 heavy (non-hydrogen) atoms. The van der Waals surface area contributed by atoms with Crippen LogP contribution in [0.15, 0.2) is 16.6 Å². The van der Waals surface area contributed by atoms with Crippen molar-refractivity contribution in [1.82, 2.24) is 0 Å². The standard InChI is InChI=1S/C12H12BrNO/c13-9-4-5-10-8(3-6-11(15)14-10)12(9)7-1-2-7/h4-5,7H,1-3,6H2,(H,14,15). The molecule has 0 atom stereocenters. The van der Waals surface area contributed by atoms with Crippen LogP contribution in [-0.4, -0.2) is 5.91 Å². The van der Waals surface area contributed by atoms with Crippen LogP contribution in [0.5, 0.6) is 0 Å². The lowest BCUT2D eigenvalue weighted by Crippen LogP contribution is -2.20. The highest BCUT2D eigenvalue weighted by atomic mass is 79.9. The Kier molecular flexibility index (Phi) is 2.09. The second-order valence-corrected chi connectivity index (χ2v) is 5.16. The summed E-state index contributed by atoms with van der Waals surface area (Å²) in [6, 6.07) is 4.06. The highest BCUT2D eigenvalue weighted by Gasteiger charge is 2.30. The van der Waals surface area contributed by atoms with Crippen LogP contribution in [0.25, 0.3) is 0 Å². The minimum atomic E-state index is 0.145. The molecule has 1 aliphatic heterocycles. The van der Waals surface area contributed by atoms with Gasteiger partial charge in [0, 0.05) is 16.6 Å². The normalized spacial score (nSPS) is 19.7. The van der Waals surface area contributed by atoms with Crippen LogP contribution in [0.1, 0.15) is 36.3 Å². The number of anilines is 1. The maximum Gasteiger partial charge on any atom is 0.224 e. The number of hydrogen-bond donors (Lipinski definition) is 1. The Morgan fingerprint density at radius 2 is 2.07 bits per heavy atom. The lowest BCUT2D eigenvalue weighted by molar-refractivity contribution is -0.116. The van der Waals surface area contributed by atoms with Gasteiger partial charge in [-0.05, 0) is 48.4 Å². The Hall–Kier alpha value is -0.830. The second kappa shape index (κ2) is 3.34. The van der Waals surface area contributed by atoms with Gasteiger partial charge in [0.05, 0.1) is 0 Å². The van der Waals surface area contributed by atoms with E-state index in [4.69, 9.17) is 0 Å². The van der Waals surface area contributed by atoms with Gasteiger partial charge in [-0.25, -0.2) is 0 Å². The molecule has 1 saturated carbocycles. The van der Waals surface area contributed by atoms with Gasteiger partial charge >= 0.3 is 0 Å². The Morgan fingerprint density at radius 1 is 1.27 bits per heavy atom. The smallest absolute Gasteiger partial charge is 0.224 e. The van der Waals surface area contributed by atoms with Crippen molar-refractivity contribution < 1.29 is 4.79 Å². The first-order chi connectivity index (χ1) is 7.25. The van der Waals surface area contributed by atoms with Crippen LogP contribution < -0.4 is 5.32 Å². The van der Waals surface area contributed by atoms with Crippen molar-refractivity contribution in [2.75, 3.05) is 5.32 Å². The molecule has 78 valence electrons. The van der Waals surface area contributed by atoms with E-state index in [1.165, 1.54) is 28.4 Å². The molecule has 3 rings (SSSR count). The SMILES string of the molecule is O=C1CCc2c(ccc(Br)c2C2CC2)N1. The number of amides is 1. The summed E-state index contributed by atoms with van der Waals surface area (Å²) in [5.41, 5.74) is 3.82. The molecule has 1 fully saturated rings. The Bertz CT molecular complexity index is 437. The Balaban J connectivity index is 2.12. The van der Waals surface area contributed by atoms with Crippen molar-refractivity contribution in [3.63, 3.8) is 0 Å². The molecule has 1 N–H and O–H groups in total. The zero-order valence-corrected chi connectivity index (χ0v) is 9.93. The summed E-state index contributed by atoms with van der Waals surface area (Å²) in [4.78, 5) is 11.3. The summed E-state index contributed by atoms with van der Waals surface area (Å²) in [7, 11) is 0. The predicted molar refractivity (Wildman–Crippen MR) is 63.1 cm³/mol. The Morgan fingerprint density at radius 3 is 2.80 bits per heavy atom. The molecule has 2 nitrogen and oxygen atoms in total. The molecule has 0 aromatic heterocycles. The molecule has 0 bridgehead atoms. The third kappa shape index (κ3) is 1.59. The largest absolute Gasteiger partial charge is 0.326 e. The molecule has 2 aliphatic rings. The molecule has 1 aromatic rings. The number of fused-ring (bicyclic) bond motifs is 1. The van der Waals surface area contributed by atoms with Crippen LogP contribution in [0.4, 0.5) is 5.69 Å². The average molecular weight is 266 g/mol. The van der Waals surface area contributed by atoms with Crippen LogP contribution in [0.2, 0.25) is 0 Å². The van der Waals surface area contributed by atoms with E-state index < -0.39 is 0 Å². The number of carbonyl (C=O) groups excluding carboxylic acids is 1. The summed E-state index contributed by atoms with van der Waals surface area (Å²) >= 11 is 3.62. The highest BCUT2D eigenvalue weighted by Crippen LogP contribution is 2.47. The van der Waals surface area contributed by atoms with Gasteiger partial charge < -0.3 is 5.32 Å². The predicted octanol–water partition coefficient (Wildman–Crippen LogP) is 3.21. The van der Waals surface area contributed by atoms with E-state index in [9.17, 15) is 4.79 Å². The van der Waals surface area contributed by atoms with Gasteiger partial charge in [0.25, 0.3) is 0 Å². The molecule has 1 aliphatic carbocycles. The first-order valence-electron chi connectivity index (χ1n) is 5.37. The van der Waals surface area contributed by atoms with E-state index in [1.54, 1.807) is 0 Å². The summed E-state index contributed by atoms with van der Waals surface area (Å²) in [5.74, 6) is 0.871. The summed E-state index contributed by atoms with van der Waals surface area (Å²) in [5, 5.41) is 2.95. The maximum atomic E-state index is 11.3. The highest BCUT2D eigenvalue weighted by molar-refractivity contribution is 9.10. The molecule has 0 unspecified atom stereocenters. The number of halogens is 1. The number of nitrogens with one attached hydrogen (secondary N) is 1. The molecular weight excluding hydrogens is 254 g/mol. The van der Waals surface area contributed by atoms with Crippen molar-refractivity contribution in [2.45, 2.75) is 31.6 Å². The summed E-state index contributed by atoms with van der Waals surface area (Å²) in [6.45, 7) is 0. The van der Waals surface area contributed by atoms with Crippen molar-refractivity contribution >= 4 is 27.5 Å². The quantitative estimate of drug-likeness (QED) is 0.830. The zero-order valence-electron chi connectivity index (χ0n) is 8.35. The fourth-order valence-corrected chi connectivity index (χ4v) is 2.98. The lowest BCUT2D eigenvalue weighted by atomic mass is 9.95. The van der Waals surface area contributed by atoms with Gasteiger partial charge in [0.15, 0.2) is 0 Å². The van der Waals surface area contributed by atoms with Gasteiger partial charge in [0.2, 0.25) is 5.91 Å². The van der Waals surface area contributed by atoms with E-state index in [0.29, 0.717) is 6.42 Å². The first-order valence-corrected chi connectivity index (χ1v) is 6.16. The zero-order chi connectivity index (χ0) is 10.4. The van der Waals surface area contributed by atoms with Crippen molar-refractivity contribution in [1.29, 1.82) is 0 Å². The van der Waals surface area contributed by atoms with Crippen molar-refractivity contribution in [2.24, 2.45) is 0 Å². The molecule has 1 aromatic carbocycles. The second-order valence-electron chi connectivity index (χ2n) is 4.31. The third-order valence-electron chi connectivity index (χ3n) is 3.17. The summed E-state index contributed by atoms with van der Waals surface area (Å²) < 4.78 is 1.21. The molecule has 0 saturated heterocycles. The fraction of sp³-hybridized carbons (Fsp3) is 0.417. The third-order valence-corrected chi connectivity index (χ3v) is 3.86. The molecule has 0 radical (unpaired) electrons. The van der Waals surface area contributed by atoms with Crippen LogP contribution in [0, 0.1) is 0 Å². The summed E-state index contributed by atoms with van der Waals surface area (Å²) in [6.07, 6.45) is 4.11. The van der Waals surface area contributed by atoms with E-state index in [0.717, 1.165) is 18.0 Å². The molecule has 0 spiro atoms. The van der Waals surface area contributed by atoms with Crippen LogP contribution in [0.3, 0.4) is 0 Å². The van der Waals surface area contributed by atoms with Crippen molar-refractivity contribution in [3.05, 3.63) is 27.7 Å². The van der Waals surface area contributed by atoms with E-state index >= 15 is 0 Å². The van der Waals surface area contributed by atoms with Gasteiger partial charge in [0.1, 0.15) is 0 Å². The van der Waals surface area contributed by atoms with Gasteiger partial charge in [-0.2, -0.15) is 0 Å². The fourth-order valence-electron chi connectivity index (χ4n) is 2.29. The number of hydrogen-bond acceptors (Lipinski definition) is 1. The van der Waals surface area contributed by atoms with Gasteiger partial charge in [-0.3, -0.25) is 4.79 Å². The van der Waals surface area contributed by atoms with Gasteiger partial charge in [-0.15, -0.1) is 0 Å². The topological polar surface area (TPSA) is 29.1 Å². The lowest BCUT2D eigenvalue weighted by Gasteiger charge is -2.21. The van der Waals surface area contributed by atoms with Crippen LogP contribution in [-0.2, 0) is 11.2 Å². The van der Waals surface area contributed by atoms with E-state index in [-0.39, 0.29) is 5.91 Å². The van der Waals surface area contributed by atoms with E-state index in [2.05, 4.69) is 27.3 Å². The minimum Gasteiger partial charge on any atom is -0.326 e. The monoisotopic (exact) mass is 265 g/mol. The number of rotatable bonds is 1. The number of carbonyl (C=O) groups is 1. The maximum absolute atomic E-state index is 11.3. The molecule has 1 heterocycles. The molecule has 1 amide bonds. The Labute approximate surface area is 97.2 Å².